The van der Waals surface area contributed by atoms with E-state index in [1.54, 1.807) is 0 Å². The lowest BCUT2D eigenvalue weighted by Crippen LogP contribution is -2.56. The number of para-hydroxylation sites is 1. The number of hydrogen-bond acceptors (Lipinski definition) is 3. The molecule has 0 radical (unpaired) electrons. The Labute approximate surface area is 165 Å². The van der Waals surface area contributed by atoms with E-state index in [9.17, 15) is 9.59 Å². The molecule has 4 bridgehead atoms. The molecule has 28 heavy (non-hydrogen) atoms. The van der Waals surface area contributed by atoms with E-state index in [0.717, 1.165) is 35.7 Å². The molecule has 1 atom stereocenters. The highest BCUT2D eigenvalue weighted by Gasteiger charge is 2.55. The molecule has 0 aliphatic heterocycles. The van der Waals surface area contributed by atoms with Crippen molar-refractivity contribution in [2.45, 2.75) is 51.0 Å². The first kappa shape index (κ1) is 17.8. The molecule has 2 aromatic rings. The Balaban J connectivity index is 1.37. The third-order valence-electron chi connectivity index (χ3n) is 7.41. The molecule has 4 fully saturated rings. The van der Waals surface area contributed by atoms with E-state index in [1.807, 2.05) is 30.5 Å². The molecule has 6 rings (SSSR count). The zero-order valence-corrected chi connectivity index (χ0v) is 16.4. The number of rotatable bonds is 5. The molecule has 1 amide bonds. The van der Waals surface area contributed by atoms with Gasteiger partial charge in [0.1, 0.15) is 6.04 Å². The van der Waals surface area contributed by atoms with E-state index in [4.69, 9.17) is 4.74 Å². The standard InChI is InChI=1S/C23H28N2O3/c1-28-21(26)20(9-17-13-24-19-5-3-2-4-18(17)19)25-22(27)23-10-14-6-15(11-23)8-16(7-14)12-23/h2-5,13-16,20,24H,6-12H2,1H3,(H,25,27)/t14?,15?,16?,20-,23?/m0/s1. The number of carbonyl (C=O) groups is 2. The molecule has 0 saturated heterocycles. The minimum absolute atomic E-state index is 0.0711. The van der Waals surface area contributed by atoms with Gasteiger partial charge in [-0.05, 0) is 67.9 Å². The average Bonchev–Trinajstić information content (AvgIpc) is 3.09. The minimum atomic E-state index is -0.648. The van der Waals surface area contributed by atoms with Crippen LogP contribution in [0, 0.1) is 23.2 Å². The molecule has 4 aliphatic rings. The van der Waals surface area contributed by atoms with Crippen molar-refractivity contribution in [1.82, 2.24) is 10.3 Å². The van der Waals surface area contributed by atoms with Crippen LogP contribution in [0.3, 0.4) is 0 Å². The topological polar surface area (TPSA) is 71.2 Å². The average molecular weight is 380 g/mol. The number of methoxy groups -OCH3 is 1. The lowest BCUT2D eigenvalue weighted by Gasteiger charge is -2.55. The van der Waals surface area contributed by atoms with Gasteiger partial charge in [-0.2, -0.15) is 0 Å². The maximum Gasteiger partial charge on any atom is 0.328 e. The lowest BCUT2D eigenvalue weighted by atomic mass is 9.49. The minimum Gasteiger partial charge on any atom is -0.467 e. The summed E-state index contributed by atoms with van der Waals surface area (Å²) in [5.41, 5.74) is 1.80. The van der Waals surface area contributed by atoms with Crippen LogP contribution in [0.5, 0.6) is 0 Å². The van der Waals surface area contributed by atoms with Crippen LogP contribution in [0.1, 0.15) is 44.1 Å². The molecule has 0 spiro atoms. The quantitative estimate of drug-likeness (QED) is 0.779. The number of nitrogens with one attached hydrogen (secondary N) is 2. The van der Waals surface area contributed by atoms with Crippen molar-refractivity contribution in [3.05, 3.63) is 36.0 Å². The third-order valence-corrected chi connectivity index (χ3v) is 7.41. The van der Waals surface area contributed by atoms with Gasteiger partial charge in [-0.25, -0.2) is 4.79 Å². The Hall–Kier alpha value is -2.30. The number of fused-ring (bicyclic) bond motifs is 1. The summed E-state index contributed by atoms with van der Waals surface area (Å²) >= 11 is 0. The number of hydrogen-bond donors (Lipinski definition) is 2. The lowest BCUT2D eigenvalue weighted by molar-refractivity contribution is -0.152. The fourth-order valence-electron chi connectivity index (χ4n) is 6.56. The zero-order valence-electron chi connectivity index (χ0n) is 16.4. The molecule has 1 aromatic heterocycles. The maximum absolute atomic E-state index is 13.4. The Morgan fingerprint density at radius 1 is 1.14 bits per heavy atom. The second kappa shape index (κ2) is 6.64. The third kappa shape index (κ3) is 2.92. The predicted octanol–water partition coefficient (Wildman–Crippen LogP) is 3.58. The van der Waals surface area contributed by atoms with Crippen LogP contribution in [0.15, 0.2) is 30.5 Å². The van der Waals surface area contributed by atoms with Gasteiger partial charge in [-0.3, -0.25) is 4.79 Å². The summed E-state index contributed by atoms with van der Waals surface area (Å²) < 4.78 is 5.03. The van der Waals surface area contributed by atoms with Crippen LogP contribution >= 0.6 is 0 Å². The van der Waals surface area contributed by atoms with E-state index in [2.05, 4.69) is 10.3 Å². The summed E-state index contributed by atoms with van der Waals surface area (Å²) in [5.74, 6) is 1.79. The van der Waals surface area contributed by atoms with Crippen molar-refractivity contribution in [3.63, 3.8) is 0 Å². The van der Waals surface area contributed by atoms with Gasteiger partial charge in [-0.15, -0.1) is 0 Å². The molecular weight excluding hydrogens is 352 g/mol. The van der Waals surface area contributed by atoms with E-state index in [0.29, 0.717) is 24.2 Å². The van der Waals surface area contributed by atoms with Crippen molar-refractivity contribution in [1.29, 1.82) is 0 Å². The summed E-state index contributed by atoms with van der Waals surface area (Å²) in [4.78, 5) is 29.1. The van der Waals surface area contributed by atoms with Gasteiger partial charge in [-0.1, -0.05) is 18.2 Å². The number of aromatic nitrogens is 1. The molecule has 4 saturated carbocycles. The van der Waals surface area contributed by atoms with Crippen molar-refractivity contribution >= 4 is 22.8 Å². The van der Waals surface area contributed by atoms with E-state index >= 15 is 0 Å². The van der Waals surface area contributed by atoms with Crippen molar-refractivity contribution < 1.29 is 14.3 Å². The van der Waals surface area contributed by atoms with Gasteiger partial charge in [0.05, 0.1) is 7.11 Å². The number of aromatic amines is 1. The number of carbonyl (C=O) groups excluding carboxylic acids is 2. The number of benzene rings is 1. The second-order valence-electron chi connectivity index (χ2n) is 9.31. The van der Waals surface area contributed by atoms with Gasteiger partial charge in [0.2, 0.25) is 5.91 Å². The van der Waals surface area contributed by atoms with E-state index in [1.165, 1.54) is 26.4 Å². The van der Waals surface area contributed by atoms with Gasteiger partial charge in [0.15, 0.2) is 0 Å². The van der Waals surface area contributed by atoms with Crippen LogP contribution in [0.2, 0.25) is 0 Å². The first-order chi connectivity index (χ1) is 13.6. The summed E-state index contributed by atoms with van der Waals surface area (Å²) in [6.45, 7) is 0. The van der Waals surface area contributed by atoms with Gasteiger partial charge in [0, 0.05) is 28.9 Å². The Morgan fingerprint density at radius 3 is 2.43 bits per heavy atom. The highest BCUT2D eigenvalue weighted by atomic mass is 16.5. The Bertz CT molecular complexity index is 880. The molecule has 1 heterocycles. The fraction of sp³-hybridized carbons (Fsp3) is 0.565. The van der Waals surface area contributed by atoms with E-state index in [-0.39, 0.29) is 17.3 Å². The van der Waals surface area contributed by atoms with Crippen molar-refractivity contribution in [2.75, 3.05) is 7.11 Å². The fourth-order valence-corrected chi connectivity index (χ4v) is 6.56. The zero-order chi connectivity index (χ0) is 19.3. The smallest absolute Gasteiger partial charge is 0.328 e. The number of amides is 1. The highest BCUT2D eigenvalue weighted by molar-refractivity contribution is 5.89. The van der Waals surface area contributed by atoms with Crippen LogP contribution in [-0.4, -0.2) is 30.0 Å². The molecule has 0 unspecified atom stereocenters. The first-order valence-corrected chi connectivity index (χ1v) is 10.5. The second-order valence-corrected chi connectivity index (χ2v) is 9.31. The summed E-state index contributed by atoms with van der Waals surface area (Å²) in [5, 5.41) is 4.18. The summed E-state index contributed by atoms with van der Waals surface area (Å²) in [7, 11) is 1.39. The predicted molar refractivity (Wildman–Crippen MR) is 107 cm³/mol. The molecular formula is C23H28N2O3. The normalized spacial score (nSPS) is 31.7. The van der Waals surface area contributed by atoms with Gasteiger partial charge in [0.25, 0.3) is 0 Å². The highest BCUT2D eigenvalue weighted by Crippen LogP contribution is 2.60. The number of H-pyrrole nitrogens is 1. The van der Waals surface area contributed by atoms with Gasteiger partial charge < -0.3 is 15.0 Å². The van der Waals surface area contributed by atoms with Gasteiger partial charge >= 0.3 is 5.97 Å². The number of esters is 1. The van der Waals surface area contributed by atoms with Crippen LogP contribution in [-0.2, 0) is 20.7 Å². The number of ether oxygens (including phenoxy) is 1. The van der Waals surface area contributed by atoms with E-state index < -0.39 is 6.04 Å². The van der Waals surface area contributed by atoms with Crippen LogP contribution in [0.4, 0.5) is 0 Å². The van der Waals surface area contributed by atoms with Crippen LogP contribution in [0.25, 0.3) is 10.9 Å². The largest absolute Gasteiger partial charge is 0.467 e. The molecule has 2 N–H and O–H groups in total. The summed E-state index contributed by atoms with van der Waals surface area (Å²) in [6.07, 6.45) is 9.22. The summed E-state index contributed by atoms with van der Waals surface area (Å²) in [6, 6.07) is 7.37. The van der Waals surface area contributed by atoms with Crippen LogP contribution < -0.4 is 5.32 Å². The van der Waals surface area contributed by atoms with Crippen molar-refractivity contribution in [2.24, 2.45) is 23.2 Å². The molecule has 5 heteroatoms. The Morgan fingerprint density at radius 2 is 1.79 bits per heavy atom. The SMILES string of the molecule is COC(=O)[C@H](Cc1c[nH]c2ccccc12)NC(=O)C12CC3CC(CC(C3)C1)C2. The molecule has 5 nitrogen and oxygen atoms in total. The Kier molecular flexibility index (Phi) is 4.22. The molecule has 4 aliphatic carbocycles. The maximum atomic E-state index is 13.4. The monoisotopic (exact) mass is 380 g/mol. The first-order valence-electron chi connectivity index (χ1n) is 10.5. The molecule has 1 aromatic carbocycles. The molecule has 148 valence electrons. The van der Waals surface area contributed by atoms with Crippen molar-refractivity contribution in [3.8, 4) is 0 Å².